The van der Waals surface area contributed by atoms with Crippen LogP contribution in [0.5, 0.6) is 11.5 Å². The highest BCUT2D eigenvalue weighted by atomic mass is 35.5. The number of nitrogens with one attached hydrogen (secondary N) is 1. The molecular formula is C18H24ClN5O3. The lowest BCUT2D eigenvalue weighted by Gasteiger charge is -2.34. The SMILES string of the molecule is COc1cc(N/C=C(/C#N)C(=O)N2CCN(CCN)CC2)c(OC)cc1Cl. The van der Waals surface area contributed by atoms with Crippen LogP contribution in [0.4, 0.5) is 5.69 Å². The molecule has 1 aromatic rings. The Balaban J connectivity index is 2.11. The first-order valence-corrected chi connectivity index (χ1v) is 8.91. The van der Waals surface area contributed by atoms with Crippen molar-refractivity contribution in [1.82, 2.24) is 9.80 Å². The Hall–Kier alpha value is -2.47. The zero-order valence-corrected chi connectivity index (χ0v) is 16.3. The van der Waals surface area contributed by atoms with Crippen molar-refractivity contribution in [2.75, 3.05) is 58.8 Å². The molecule has 1 amide bonds. The van der Waals surface area contributed by atoms with Crippen LogP contribution in [0.25, 0.3) is 0 Å². The number of nitrogens with two attached hydrogens (primary N) is 1. The fraction of sp³-hybridized carbons (Fsp3) is 0.444. The minimum atomic E-state index is -0.308. The molecule has 3 N–H and O–H groups in total. The average Bonchev–Trinajstić information content (AvgIpc) is 2.69. The van der Waals surface area contributed by atoms with E-state index in [0.29, 0.717) is 41.8 Å². The Morgan fingerprint density at radius 3 is 2.52 bits per heavy atom. The van der Waals surface area contributed by atoms with Gasteiger partial charge in [-0.1, -0.05) is 11.6 Å². The van der Waals surface area contributed by atoms with Crippen molar-refractivity contribution in [2.24, 2.45) is 5.73 Å². The van der Waals surface area contributed by atoms with E-state index in [9.17, 15) is 10.1 Å². The molecule has 1 heterocycles. The maximum absolute atomic E-state index is 12.6. The summed E-state index contributed by atoms with van der Waals surface area (Å²) >= 11 is 6.08. The summed E-state index contributed by atoms with van der Waals surface area (Å²) < 4.78 is 10.5. The van der Waals surface area contributed by atoms with E-state index in [1.54, 1.807) is 17.0 Å². The smallest absolute Gasteiger partial charge is 0.266 e. The van der Waals surface area contributed by atoms with Crippen molar-refractivity contribution in [3.63, 3.8) is 0 Å². The van der Waals surface area contributed by atoms with Gasteiger partial charge in [-0.3, -0.25) is 9.69 Å². The number of nitriles is 1. The zero-order chi connectivity index (χ0) is 19.8. The summed E-state index contributed by atoms with van der Waals surface area (Å²) in [6.45, 7) is 4.02. The Morgan fingerprint density at radius 2 is 1.96 bits per heavy atom. The molecule has 146 valence electrons. The lowest BCUT2D eigenvalue weighted by Crippen LogP contribution is -2.50. The highest BCUT2D eigenvalue weighted by Gasteiger charge is 2.23. The maximum atomic E-state index is 12.6. The first-order valence-electron chi connectivity index (χ1n) is 8.54. The van der Waals surface area contributed by atoms with Gasteiger partial charge in [-0.05, 0) is 0 Å². The number of nitrogens with zero attached hydrogens (tertiary/aromatic N) is 3. The van der Waals surface area contributed by atoms with Crippen molar-refractivity contribution in [1.29, 1.82) is 5.26 Å². The largest absolute Gasteiger partial charge is 0.495 e. The van der Waals surface area contributed by atoms with Crippen LogP contribution in [-0.4, -0.2) is 69.2 Å². The van der Waals surface area contributed by atoms with Crippen LogP contribution < -0.4 is 20.5 Å². The van der Waals surface area contributed by atoms with E-state index in [1.165, 1.54) is 20.4 Å². The van der Waals surface area contributed by atoms with Gasteiger partial charge >= 0.3 is 0 Å². The highest BCUT2D eigenvalue weighted by Crippen LogP contribution is 2.35. The first kappa shape index (κ1) is 20.8. The molecule has 0 aromatic heterocycles. The quantitative estimate of drug-likeness (QED) is 0.531. The Kier molecular flexibility index (Phi) is 7.73. The Labute approximate surface area is 164 Å². The van der Waals surface area contributed by atoms with E-state index in [-0.39, 0.29) is 11.5 Å². The molecule has 0 atom stereocenters. The Bertz CT molecular complexity index is 739. The third-order valence-electron chi connectivity index (χ3n) is 4.30. The number of halogens is 1. The predicted molar refractivity (Wildman–Crippen MR) is 104 cm³/mol. The van der Waals surface area contributed by atoms with Crippen LogP contribution in [0, 0.1) is 11.3 Å². The van der Waals surface area contributed by atoms with Crippen LogP contribution in [0.3, 0.4) is 0 Å². The minimum Gasteiger partial charge on any atom is -0.495 e. The van der Waals surface area contributed by atoms with Gasteiger partial charge in [-0.15, -0.1) is 0 Å². The number of hydrogen-bond donors (Lipinski definition) is 2. The van der Waals surface area contributed by atoms with Crippen molar-refractivity contribution in [3.8, 4) is 17.6 Å². The van der Waals surface area contributed by atoms with Gasteiger partial charge in [0, 0.05) is 57.6 Å². The van der Waals surface area contributed by atoms with Crippen LogP contribution in [0.2, 0.25) is 5.02 Å². The Morgan fingerprint density at radius 1 is 1.30 bits per heavy atom. The molecular weight excluding hydrogens is 370 g/mol. The molecule has 2 rings (SSSR count). The molecule has 0 bridgehead atoms. The second-order valence-electron chi connectivity index (χ2n) is 5.92. The molecule has 0 spiro atoms. The molecule has 1 aromatic carbocycles. The van der Waals surface area contributed by atoms with E-state index in [1.807, 2.05) is 6.07 Å². The number of piperazine rings is 1. The molecule has 0 saturated carbocycles. The number of benzene rings is 1. The fourth-order valence-corrected chi connectivity index (χ4v) is 3.02. The predicted octanol–water partition coefficient (Wildman–Crippen LogP) is 1.28. The number of rotatable bonds is 7. The number of anilines is 1. The minimum absolute atomic E-state index is 0.0123. The van der Waals surface area contributed by atoms with Crippen LogP contribution >= 0.6 is 11.6 Å². The number of methoxy groups -OCH3 is 2. The van der Waals surface area contributed by atoms with E-state index >= 15 is 0 Å². The highest BCUT2D eigenvalue weighted by molar-refractivity contribution is 6.32. The second-order valence-corrected chi connectivity index (χ2v) is 6.33. The van der Waals surface area contributed by atoms with Gasteiger partial charge in [0.15, 0.2) is 0 Å². The molecule has 9 heteroatoms. The third-order valence-corrected chi connectivity index (χ3v) is 4.60. The van der Waals surface area contributed by atoms with E-state index in [4.69, 9.17) is 26.8 Å². The zero-order valence-electron chi connectivity index (χ0n) is 15.5. The summed E-state index contributed by atoms with van der Waals surface area (Å²) in [7, 11) is 3.01. The normalized spacial score (nSPS) is 15.2. The molecule has 1 aliphatic heterocycles. The van der Waals surface area contributed by atoms with Gasteiger partial charge in [-0.25, -0.2) is 0 Å². The number of carbonyl (C=O) groups excluding carboxylic acids is 1. The van der Waals surface area contributed by atoms with Crippen LogP contribution in [0.15, 0.2) is 23.9 Å². The number of carbonyl (C=O) groups is 1. The van der Waals surface area contributed by atoms with E-state index < -0.39 is 0 Å². The lowest BCUT2D eigenvalue weighted by atomic mass is 10.2. The van der Waals surface area contributed by atoms with Gasteiger partial charge in [0.1, 0.15) is 23.1 Å². The van der Waals surface area contributed by atoms with Crippen molar-refractivity contribution in [2.45, 2.75) is 0 Å². The van der Waals surface area contributed by atoms with Gasteiger partial charge in [0.05, 0.1) is 24.9 Å². The van der Waals surface area contributed by atoms with Crippen molar-refractivity contribution >= 4 is 23.2 Å². The molecule has 0 radical (unpaired) electrons. The number of ether oxygens (including phenoxy) is 2. The van der Waals surface area contributed by atoms with Gasteiger partial charge < -0.3 is 25.4 Å². The summed E-state index contributed by atoms with van der Waals surface area (Å²) in [6.07, 6.45) is 1.37. The third kappa shape index (κ3) is 5.26. The van der Waals surface area contributed by atoms with E-state index in [0.717, 1.165) is 19.6 Å². The number of amides is 1. The van der Waals surface area contributed by atoms with Crippen molar-refractivity contribution in [3.05, 3.63) is 28.9 Å². The summed E-state index contributed by atoms with van der Waals surface area (Å²) in [5.41, 5.74) is 6.11. The molecule has 8 nitrogen and oxygen atoms in total. The van der Waals surface area contributed by atoms with Gasteiger partial charge in [0.2, 0.25) is 0 Å². The average molecular weight is 394 g/mol. The maximum Gasteiger partial charge on any atom is 0.266 e. The fourth-order valence-electron chi connectivity index (χ4n) is 2.79. The molecule has 1 fully saturated rings. The molecule has 1 aliphatic rings. The van der Waals surface area contributed by atoms with Gasteiger partial charge in [0.25, 0.3) is 5.91 Å². The van der Waals surface area contributed by atoms with Crippen LogP contribution in [0.1, 0.15) is 0 Å². The summed E-state index contributed by atoms with van der Waals surface area (Å²) in [4.78, 5) is 16.5. The summed E-state index contributed by atoms with van der Waals surface area (Å²) in [5, 5.41) is 12.7. The van der Waals surface area contributed by atoms with Crippen molar-refractivity contribution < 1.29 is 14.3 Å². The van der Waals surface area contributed by atoms with E-state index in [2.05, 4.69) is 10.2 Å². The monoisotopic (exact) mass is 393 g/mol. The first-order chi connectivity index (χ1) is 13.0. The molecule has 27 heavy (non-hydrogen) atoms. The topological polar surface area (TPSA) is 104 Å². The number of hydrogen-bond acceptors (Lipinski definition) is 7. The molecule has 0 unspecified atom stereocenters. The summed E-state index contributed by atoms with van der Waals surface area (Å²) in [6, 6.07) is 5.20. The lowest BCUT2D eigenvalue weighted by molar-refractivity contribution is -0.128. The van der Waals surface area contributed by atoms with Crippen LogP contribution in [-0.2, 0) is 4.79 Å². The second kappa shape index (κ2) is 10.0. The molecule has 0 aliphatic carbocycles. The summed E-state index contributed by atoms with van der Waals surface area (Å²) in [5.74, 6) is 0.615. The standard InChI is InChI=1S/C18H24ClN5O3/c1-26-16-10-15(17(27-2)9-14(16)19)22-12-13(11-21)18(25)24-7-5-23(4-3-20)6-8-24/h9-10,12,22H,3-8,20H2,1-2H3/b13-12-. The molecule has 1 saturated heterocycles. The van der Waals surface area contributed by atoms with Gasteiger partial charge in [-0.2, -0.15) is 5.26 Å².